The van der Waals surface area contributed by atoms with Crippen LogP contribution in [0.2, 0.25) is 5.02 Å². The Hall–Kier alpha value is -1.30. The van der Waals surface area contributed by atoms with Crippen molar-refractivity contribution >= 4 is 17.6 Å². The molecule has 1 unspecified atom stereocenters. The van der Waals surface area contributed by atoms with Gasteiger partial charge < -0.3 is 19.7 Å². The third-order valence-electron chi connectivity index (χ3n) is 4.03. The Morgan fingerprint density at radius 1 is 1.33 bits per heavy atom. The van der Waals surface area contributed by atoms with Crippen molar-refractivity contribution in [1.82, 2.24) is 10.2 Å². The summed E-state index contributed by atoms with van der Waals surface area (Å²) in [6.45, 7) is 7.73. The van der Waals surface area contributed by atoms with E-state index in [9.17, 15) is 0 Å². The van der Waals surface area contributed by atoms with Crippen LogP contribution in [0.25, 0.3) is 0 Å². The van der Waals surface area contributed by atoms with Crippen molar-refractivity contribution in [2.75, 3.05) is 46.6 Å². The molecular weight excluding hydrogens is 326 g/mol. The first-order chi connectivity index (χ1) is 11.7. The van der Waals surface area contributed by atoms with Crippen molar-refractivity contribution in [3.05, 3.63) is 34.9 Å². The minimum atomic E-state index is 0.557. The zero-order valence-corrected chi connectivity index (χ0v) is 15.4. The van der Waals surface area contributed by atoms with Gasteiger partial charge in [-0.25, -0.2) is 4.99 Å². The summed E-state index contributed by atoms with van der Waals surface area (Å²) >= 11 is 5.93. The molecule has 0 saturated carbocycles. The van der Waals surface area contributed by atoms with Crippen molar-refractivity contribution < 1.29 is 9.47 Å². The van der Waals surface area contributed by atoms with Crippen LogP contribution in [-0.4, -0.2) is 57.4 Å². The molecule has 134 valence electrons. The second kappa shape index (κ2) is 10.5. The molecule has 0 amide bonds. The number of hydrogen-bond donors (Lipinski definition) is 1. The highest BCUT2D eigenvalue weighted by molar-refractivity contribution is 6.30. The van der Waals surface area contributed by atoms with E-state index in [0.29, 0.717) is 25.7 Å². The Morgan fingerprint density at radius 3 is 2.83 bits per heavy atom. The van der Waals surface area contributed by atoms with Gasteiger partial charge in [0, 0.05) is 37.7 Å². The average molecular weight is 354 g/mol. The number of likely N-dealkylation sites (tertiary alicyclic amines) is 1. The number of methoxy groups -OCH3 is 1. The van der Waals surface area contributed by atoms with Crippen molar-refractivity contribution in [3.63, 3.8) is 0 Å². The zero-order valence-electron chi connectivity index (χ0n) is 14.6. The Balaban J connectivity index is 1.85. The lowest BCUT2D eigenvalue weighted by atomic mass is 10.1. The van der Waals surface area contributed by atoms with Gasteiger partial charge in [0.1, 0.15) is 0 Å². The van der Waals surface area contributed by atoms with Crippen LogP contribution in [0.4, 0.5) is 0 Å². The fourth-order valence-electron chi connectivity index (χ4n) is 2.74. The molecule has 0 bridgehead atoms. The monoisotopic (exact) mass is 353 g/mol. The van der Waals surface area contributed by atoms with Crippen LogP contribution >= 0.6 is 11.6 Å². The molecule has 0 spiro atoms. The molecule has 1 aliphatic heterocycles. The number of nitrogens with zero attached hydrogens (tertiary/aromatic N) is 2. The number of halogens is 1. The predicted octanol–water partition coefficient (Wildman–Crippen LogP) is 2.79. The fraction of sp³-hybridized carbons (Fsp3) is 0.611. The summed E-state index contributed by atoms with van der Waals surface area (Å²) in [7, 11) is 1.69. The van der Waals surface area contributed by atoms with Gasteiger partial charge in [0.15, 0.2) is 5.96 Å². The van der Waals surface area contributed by atoms with E-state index in [0.717, 1.165) is 49.2 Å². The molecule has 0 aliphatic carbocycles. The molecule has 1 heterocycles. The Bertz CT molecular complexity index is 507. The molecule has 2 rings (SSSR count). The van der Waals surface area contributed by atoms with Gasteiger partial charge in [-0.2, -0.15) is 0 Å². The lowest BCUT2D eigenvalue weighted by Crippen LogP contribution is -2.40. The minimum absolute atomic E-state index is 0.557. The molecular formula is C18H28ClN3O2. The normalized spacial score (nSPS) is 18.2. The topological polar surface area (TPSA) is 46.1 Å². The average Bonchev–Trinajstić information content (AvgIpc) is 3.06. The summed E-state index contributed by atoms with van der Waals surface area (Å²) < 4.78 is 10.7. The summed E-state index contributed by atoms with van der Waals surface area (Å²) in [4.78, 5) is 7.09. The van der Waals surface area contributed by atoms with E-state index < -0.39 is 0 Å². The first kappa shape index (κ1) is 19.0. The molecule has 5 nitrogen and oxygen atoms in total. The summed E-state index contributed by atoms with van der Waals surface area (Å²) in [5.74, 6) is 1.54. The van der Waals surface area contributed by atoms with Gasteiger partial charge >= 0.3 is 0 Å². The van der Waals surface area contributed by atoms with Crippen molar-refractivity contribution in [1.29, 1.82) is 0 Å². The maximum absolute atomic E-state index is 5.93. The third-order valence-corrected chi connectivity index (χ3v) is 4.28. The molecule has 1 fully saturated rings. The number of nitrogens with one attached hydrogen (secondary N) is 1. The van der Waals surface area contributed by atoms with E-state index >= 15 is 0 Å². The maximum atomic E-state index is 5.93. The highest BCUT2D eigenvalue weighted by Gasteiger charge is 2.24. The molecule has 1 N–H and O–H groups in total. The van der Waals surface area contributed by atoms with Gasteiger partial charge in [-0.05, 0) is 31.0 Å². The van der Waals surface area contributed by atoms with Crippen LogP contribution in [0.1, 0.15) is 18.9 Å². The number of hydrogen-bond acceptors (Lipinski definition) is 3. The van der Waals surface area contributed by atoms with Gasteiger partial charge in [0.2, 0.25) is 0 Å². The fourth-order valence-corrected chi connectivity index (χ4v) is 2.86. The number of benzene rings is 1. The largest absolute Gasteiger partial charge is 0.382 e. The van der Waals surface area contributed by atoms with Crippen molar-refractivity contribution in [2.24, 2.45) is 10.9 Å². The quantitative estimate of drug-likeness (QED) is 0.443. The number of ether oxygens (including phenoxy) is 2. The number of guanidine groups is 1. The van der Waals surface area contributed by atoms with Crippen LogP contribution in [0.15, 0.2) is 29.3 Å². The summed E-state index contributed by atoms with van der Waals surface area (Å²) in [5, 5.41) is 4.15. The van der Waals surface area contributed by atoms with Gasteiger partial charge in [0.05, 0.1) is 26.4 Å². The number of aliphatic imine (C=N–C) groups is 1. The summed E-state index contributed by atoms with van der Waals surface area (Å²) in [6.07, 6.45) is 1.14. The Labute approximate surface area is 150 Å². The lowest BCUT2D eigenvalue weighted by molar-refractivity contribution is 0.0536. The van der Waals surface area contributed by atoms with Gasteiger partial charge in [-0.3, -0.25) is 0 Å². The Kier molecular flexibility index (Phi) is 8.36. The molecule has 1 aromatic rings. The highest BCUT2D eigenvalue weighted by atomic mass is 35.5. The second-order valence-corrected chi connectivity index (χ2v) is 6.40. The summed E-state index contributed by atoms with van der Waals surface area (Å²) in [6, 6.07) is 7.85. The zero-order chi connectivity index (χ0) is 17.2. The van der Waals surface area contributed by atoms with E-state index in [-0.39, 0.29) is 0 Å². The first-order valence-electron chi connectivity index (χ1n) is 8.57. The van der Waals surface area contributed by atoms with E-state index in [1.54, 1.807) is 7.11 Å². The number of rotatable bonds is 8. The van der Waals surface area contributed by atoms with Gasteiger partial charge in [-0.1, -0.05) is 23.7 Å². The molecule has 1 atom stereocenters. The minimum Gasteiger partial charge on any atom is -0.382 e. The maximum Gasteiger partial charge on any atom is 0.194 e. The van der Waals surface area contributed by atoms with Crippen molar-refractivity contribution in [3.8, 4) is 0 Å². The molecule has 1 aromatic carbocycles. The van der Waals surface area contributed by atoms with Crippen LogP contribution in [0.3, 0.4) is 0 Å². The molecule has 0 aromatic heterocycles. The molecule has 1 aliphatic rings. The second-order valence-electron chi connectivity index (χ2n) is 5.97. The van der Waals surface area contributed by atoms with E-state index in [1.807, 2.05) is 24.3 Å². The first-order valence-corrected chi connectivity index (χ1v) is 8.95. The van der Waals surface area contributed by atoms with Crippen LogP contribution in [0, 0.1) is 5.92 Å². The van der Waals surface area contributed by atoms with Crippen LogP contribution in [-0.2, 0) is 16.0 Å². The molecule has 6 heteroatoms. The Morgan fingerprint density at radius 2 is 2.12 bits per heavy atom. The van der Waals surface area contributed by atoms with E-state index in [2.05, 4.69) is 17.1 Å². The third kappa shape index (κ3) is 6.30. The van der Waals surface area contributed by atoms with Crippen LogP contribution < -0.4 is 5.32 Å². The summed E-state index contributed by atoms with van der Waals surface area (Å²) in [5.41, 5.74) is 1.16. The lowest BCUT2D eigenvalue weighted by Gasteiger charge is -2.21. The standard InChI is InChI=1S/C18H28ClN3O2/c1-3-20-18(21-12-15-4-6-17(19)7-5-15)22-9-8-16(13-22)14-24-11-10-23-2/h4-7,16H,3,8-14H2,1-2H3,(H,20,21). The smallest absolute Gasteiger partial charge is 0.194 e. The van der Waals surface area contributed by atoms with Crippen molar-refractivity contribution in [2.45, 2.75) is 19.9 Å². The SMILES string of the molecule is CCNC(=NCc1ccc(Cl)cc1)N1CCC(COCCOC)C1. The highest BCUT2D eigenvalue weighted by Crippen LogP contribution is 2.17. The predicted molar refractivity (Wildman–Crippen MR) is 98.6 cm³/mol. The molecule has 0 radical (unpaired) electrons. The van der Waals surface area contributed by atoms with Crippen LogP contribution in [0.5, 0.6) is 0 Å². The van der Waals surface area contributed by atoms with Gasteiger partial charge in [-0.15, -0.1) is 0 Å². The van der Waals surface area contributed by atoms with E-state index in [4.69, 9.17) is 26.1 Å². The molecule has 24 heavy (non-hydrogen) atoms. The van der Waals surface area contributed by atoms with E-state index in [1.165, 1.54) is 0 Å². The molecule has 1 saturated heterocycles. The van der Waals surface area contributed by atoms with Gasteiger partial charge in [0.25, 0.3) is 0 Å².